The molecule has 1 aromatic heterocycles. The number of furan rings is 1. The molecule has 2 aliphatic rings. The summed E-state index contributed by atoms with van der Waals surface area (Å²) in [6.45, 7) is 3.21. The van der Waals surface area contributed by atoms with Crippen LogP contribution in [-0.2, 0) is 13.1 Å². The normalized spacial score (nSPS) is 21.1. The van der Waals surface area contributed by atoms with Crippen LogP contribution in [0.25, 0.3) is 0 Å². The van der Waals surface area contributed by atoms with Crippen LogP contribution in [0.2, 0.25) is 0 Å². The molecule has 0 saturated heterocycles. The van der Waals surface area contributed by atoms with Crippen molar-refractivity contribution in [2.75, 3.05) is 0 Å². The van der Waals surface area contributed by atoms with Crippen LogP contribution in [0.4, 0.5) is 4.79 Å². The van der Waals surface area contributed by atoms with Crippen molar-refractivity contribution in [3.8, 4) is 6.07 Å². The third kappa shape index (κ3) is 3.75. The van der Waals surface area contributed by atoms with Gasteiger partial charge in [0.05, 0.1) is 18.2 Å². The highest BCUT2D eigenvalue weighted by atomic mass is 16.3. The molecule has 0 bridgehead atoms. The maximum atomic E-state index is 12.7. The van der Waals surface area contributed by atoms with Gasteiger partial charge >= 0.3 is 6.03 Å². The van der Waals surface area contributed by atoms with Crippen molar-refractivity contribution < 1.29 is 9.21 Å². The van der Waals surface area contributed by atoms with Crippen LogP contribution in [0.15, 0.2) is 40.8 Å². The molecular formula is C21H23N3O2. The Morgan fingerprint density at radius 3 is 2.62 bits per heavy atom. The molecule has 2 unspecified atom stereocenters. The fourth-order valence-electron chi connectivity index (χ4n) is 3.29. The number of nitrogens with zero attached hydrogens (tertiary/aromatic N) is 2. The number of benzene rings is 1. The van der Waals surface area contributed by atoms with Gasteiger partial charge in [-0.1, -0.05) is 19.1 Å². The molecule has 0 radical (unpaired) electrons. The number of hydrogen-bond donors (Lipinski definition) is 1. The average Bonchev–Trinajstić information content (AvgIpc) is 3.58. The van der Waals surface area contributed by atoms with Crippen LogP contribution < -0.4 is 5.32 Å². The van der Waals surface area contributed by atoms with Gasteiger partial charge in [0.25, 0.3) is 0 Å². The molecule has 5 heteroatoms. The summed E-state index contributed by atoms with van der Waals surface area (Å²) < 4.78 is 5.97. The van der Waals surface area contributed by atoms with Gasteiger partial charge in [0, 0.05) is 18.5 Å². The minimum Gasteiger partial charge on any atom is -0.464 e. The first kappa shape index (κ1) is 16.7. The molecule has 2 amide bonds. The topological polar surface area (TPSA) is 69.3 Å². The Bertz CT molecular complexity index is 830. The molecule has 0 spiro atoms. The van der Waals surface area contributed by atoms with Crippen LogP contribution in [0.5, 0.6) is 0 Å². The summed E-state index contributed by atoms with van der Waals surface area (Å²) in [5.74, 6) is 3.19. The summed E-state index contributed by atoms with van der Waals surface area (Å²) in [7, 11) is 0. The van der Waals surface area contributed by atoms with Crippen molar-refractivity contribution in [3.63, 3.8) is 0 Å². The second kappa shape index (κ2) is 6.87. The summed E-state index contributed by atoms with van der Waals surface area (Å²) in [5, 5.41) is 11.8. The zero-order valence-electron chi connectivity index (χ0n) is 14.9. The lowest BCUT2D eigenvalue weighted by Gasteiger charge is -2.22. The molecule has 134 valence electrons. The monoisotopic (exact) mass is 349 g/mol. The highest BCUT2D eigenvalue weighted by molar-refractivity contribution is 5.74. The fourth-order valence-corrected chi connectivity index (χ4v) is 3.29. The molecule has 1 N–H and O–H groups in total. The van der Waals surface area contributed by atoms with E-state index >= 15 is 0 Å². The van der Waals surface area contributed by atoms with Crippen LogP contribution in [-0.4, -0.2) is 17.0 Å². The van der Waals surface area contributed by atoms with Crippen LogP contribution in [0.1, 0.15) is 54.8 Å². The molecule has 0 aliphatic heterocycles. The van der Waals surface area contributed by atoms with E-state index in [0.717, 1.165) is 29.9 Å². The zero-order chi connectivity index (χ0) is 18.1. The maximum Gasteiger partial charge on any atom is 0.318 e. The van der Waals surface area contributed by atoms with Gasteiger partial charge in [-0.05, 0) is 55.0 Å². The second-order valence-electron chi connectivity index (χ2n) is 7.45. The Labute approximate surface area is 153 Å². The lowest BCUT2D eigenvalue weighted by Crippen LogP contribution is -2.40. The SMILES string of the molecule is CC1CC1c1ccc(CN(C(=O)NCc2ccc(C#N)cc2)C2CC2)o1. The van der Waals surface area contributed by atoms with Crippen molar-refractivity contribution in [2.45, 2.75) is 51.2 Å². The van der Waals surface area contributed by atoms with E-state index in [0.29, 0.717) is 36.5 Å². The third-order valence-corrected chi connectivity index (χ3v) is 5.26. The van der Waals surface area contributed by atoms with Gasteiger partial charge in [-0.25, -0.2) is 4.79 Å². The molecule has 2 saturated carbocycles. The summed E-state index contributed by atoms with van der Waals surface area (Å²) in [6, 6.07) is 13.7. The molecule has 2 aliphatic carbocycles. The van der Waals surface area contributed by atoms with E-state index in [1.165, 1.54) is 6.42 Å². The molecular weight excluding hydrogens is 326 g/mol. The Morgan fingerprint density at radius 1 is 1.27 bits per heavy atom. The Balaban J connectivity index is 1.35. The van der Waals surface area contributed by atoms with Gasteiger partial charge in [0.1, 0.15) is 11.5 Å². The number of amides is 2. The minimum atomic E-state index is -0.0606. The van der Waals surface area contributed by atoms with Gasteiger partial charge in [-0.3, -0.25) is 0 Å². The number of nitriles is 1. The van der Waals surface area contributed by atoms with Crippen LogP contribution in [0, 0.1) is 17.2 Å². The van der Waals surface area contributed by atoms with E-state index < -0.39 is 0 Å². The summed E-state index contributed by atoms with van der Waals surface area (Å²) >= 11 is 0. The zero-order valence-corrected chi connectivity index (χ0v) is 14.9. The van der Waals surface area contributed by atoms with E-state index in [2.05, 4.69) is 24.4 Å². The van der Waals surface area contributed by atoms with Crippen molar-refractivity contribution in [3.05, 3.63) is 59.0 Å². The standard InChI is InChI=1S/C21H23N3O2/c1-14-10-19(14)20-9-8-18(26-20)13-24(17-6-7-17)21(25)23-12-16-4-2-15(11-22)3-5-16/h2-5,8-9,14,17,19H,6-7,10,12-13H2,1H3,(H,23,25). The Hall–Kier alpha value is -2.74. The molecule has 1 aromatic carbocycles. The number of nitrogens with one attached hydrogen (secondary N) is 1. The lowest BCUT2D eigenvalue weighted by molar-refractivity contribution is 0.186. The third-order valence-electron chi connectivity index (χ3n) is 5.26. The minimum absolute atomic E-state index is 0.0606. The molecule has 1 heterocycles. The predicted molar refractivity (Wildman–Crippen MR) is 97.2 cm³/mol. The molecule has 2 fully saturated rings. The molecule has 4 rings (SSSR count). The molecule has 2 aromatic rings. The summed E-state index contributed by atoms with van der Waals surface area (Å²) in [6.07, 6.45) is 3.30. The first-order chi connectivity index (χ1) is 12.6. The summed E-state index contributed by atoms with van der Waals surface area (Å²) in [4.78, 5) is 14.5. The van der Waals surface area contributed by atoms with Gasteiger partial charge in [-0.15, -0.1) is 0 Å². The average molecular weight is 349 g/mol. The largest absolute Gasteiger partial charge is 0.464 e. The van der Waals surface area contributed by atoms with Crippen molar-refractivity contribution >= 4 is 6.03 Å². The van der Waals surface area contributed by atoms with Crippen LogP contribution >= 0.6 is 0 Å². The number of hydrogen-bond acceptors (Lipinski definition) is 3. The lowest BCUT2D eigenvalue weighted by atomic mass is 10.1. The van der Waals surface area contributed by atoms with Crippen molar-refractivity contribution in [2.24, 2.45) is 5.92 Å². The number of rotatable bonds is 6. The Kier molecular flexibility index (Phi) is 4.42. The van der Waals surface area contributed by atoms with E-state index in [1.807, 2.05) is 23.1 Å². The number of urea groups is 1. The van der Waals surface area contributed by atoms with E-state index in [-0.39, 0.29) is 6.03 Å². The summed E-state index contributed by atoms with van der Waals surface area (Å²) in [5.41, 5.74) is 1.61. The predicted octanol–water partition coefficient (Wildman–Crippen LogP) is 4.15. The van der Waals surface area contributed by atoms with Gasteiger partial charge < -0.3 is 14.6 Å². The number of carbonyl (C=O) groups excluding carboxylic acids is 1. The van der Waals surface area contributed by atoms with Gasteiger partial charge in [0.2, 0.25) is 0 Å². The molecule has 5 nitrogen and oxygen atoms in total. The van der Waals surface area contributed by atoms with Gasteiger partial charge in [-0.2, -0.15) is 5.26 Å². The quantitative estimate of drug-likeness (QED) is 0.852. The highest BCUT2D eigenvalue weighted by Crippen LogP contribution is 2.47. The fraction of sp³-hybridized carbons (Fsp3) is 0.429. The first-order valence-electron chi connectivity index (χ1n) is 9.26. The maximum absolute atomic E-state index is 12.7. The molecule has 2 atom stereocenters. The first-order valence-corrected chi connectivity index (χ1v) is 9.26. The van der Waals surface area contributed by atoms with Crippen molar-refractivity contribution in [1.29, 1.82) is 5.26 Å². The van der Waals surface area contributed by atoms with Gasteiger partial charge in [0.15, 0.2) is 0 Å². The van der Waals surface area contributed by atoms with Crippen LogP contribution in [0.3, 0.4) is 0 Å². The number of carbonyl (C=O) groups is 1. The molecule has 26 heavy (non-hydrogen) atoms. The van der Waals surface area contributed by atoms with E-state index in [4.69, 9.17) is 9.68 Å². The Morgan fingerprint density at radius 2 is 2.00 bits per heavy atom. The second-order valence-corrected chi connectivity index (χ2v) is 7.45. The van der Waals surface area contributed by atoms with Crippen molar-refractivity contribution in [1.82, 2.24) is 10.2 Å². The van der Waals surface area contributed by atoms with E-state index in [1.54, 1.807) is 12.1 Å². The smallest absolute Gasteiger partial charge is 0.318 e. The van der Waals surface area contributed by atoms with E-state index in [9.17, 15) is 4.79 Å². The highest BCUT2D eigenvalue weighted by Gasteiger charge is 2.37.